The van der Waals surface area contributed by atoms with Gasteiger partial charge in [-0.2, -0.15) is 0 Å². The topological polar surface area (TPSA) is 72.2 Å². The van der Waals surface area contributed by atoms with Gasteiger partial charge >= 0.3 is 0 Å². The lowest BCUT2D eigenvalue weighted by atomic mass is 10.1. The average Bonchev–Trinajstić information content (AvgIpc) is 3.22. The van der Waals surface area contributed by atoms with E-state index in [-0.39, 0.29) is 0 Å². The Kier molecular flexibility index (Phi) is 4.60. The van der Waals surface area contributed by atoms with Crippen LogP contribution in [0.4, 0.5) is 0 Å². The summed E-state index contributed by atoms with van der Waals surface area (Å²) < 4.78 is 27.4. The highest BCUT2D eigenvalue weighted by Crippen LogP contribution is 2.31. The van der Waals surface area contributed by atoms with Crippen LogP contribution in [0.2, 0.25) is 0 Å². The third-order valence-electron chi connectivity index (χ3n) is 3.58. The molecule has 0 spiro atoms. The molecule has 0 heterocycles. The van der Waals surface area contributed by atoms with Crippen molar-refractivity contribution in [2.75, 3.05) is 6.54 Å². The van der Waals surface area contributed by atoms with E-state index in [1.807, 2.05) is 19.1 Å². The van der Waals surface area contributed by atoms with Crippen molar-refractivity contribution in [3.8, 4) is 0 Å². The van der Waals surface area contributed by atoms with Crippen molar-refractivity contribution in [2.24, 2.45) is 11.7 Å². The third-order valence-corrected chi connectivity index (χ3v) is 5.12. The van der Waals surface area contributed by atoms with Crippen molar-refractivity contribution in [3.63, 3.8) is 0 Å². The molecule has 2 rings (SSSR count). The molecular formula is C14H22N2O2S. The van der Waals surface area contributed by atoms with Crippen LogP contribution < -0.4 is 10.5 Å². The minimum Gasteiger partial charge on any atom is -0.326 e. The summed E-state index contributed by atoms with van der Waals surface area (Å²) in [6.07, 6.45) is 4.12. The van der Waals surface area contributed by atoms with Crippen molar-refractivity contribution in [2.45, 2.75) is 44.0 Å². The van der Waals surface area contributed by atoms with Crippen LogP contribution in [0.25, 0.3) is 0 Å². The van der Waals surface area contributed by atoms with Crippen LogP contribution >= 0.6 is 0 Å². The summed E-state index contributed by atoms with van der Waals surface area (Å²) in [6.45, 7) is 2.85. The van der Waals surface area contributed by atoms with Crippen LogP contribution in [0.3, 0.4) is 0 Å². The maximum atomic E-state index is 12.3. The van der Waals surface area contributed by atoms with Gasteiger partial charge in [0.2, 0.25) is 10.0 Å². The second-order valence-corrected chi connectivity index (χ2v) is 6.86. The van der Waals surface area contributed by atoms with Crippen molar-refractivity contribution in [1.82, 2.24) is 4.72 Å². The molecular weight excluding hydrogens is 260 g/mol. The number of benzene rings is 1. The van der Waals surface area contributed by atoms with E-state index in [0.29, 0.717) is 24.4 Å². The molecule has 19 heavy (non-hydrogen) atoms. The van der Waals surface area contributed by atoms with Gasteiger partial charge in [0, 0.05) is 13.1 Å². The number of hydrogen-bond donors (Lipinski definition) is 2. The Hall–Kier alpha value is -0.910. The summed E-state index contributed by atoms with van der Waals surface area (Å²) in [5.74, 6) is 0.726. The van der Waals surface area contributed by atoms with Gasteiger partial charge in [-0.15, -0.1) is 0 Å². The van der Waals surface area contributed by atoms with Crippen LogP contribution in [-0.4, -0.2) is 15.0 Å². The molecule has 106 valence electrons. The standard InChI is InChI=1S/C14H22N2O2S/c1-2-13-6-5-12(10-15)9-14(13)19(17,18)16-8-7-11-3-4-11/h5-6,9,11,16H,2-4,7-8,10,15H2,1H3. The van der Waals surface area contributed by atoms with Gasteiger partial charge in [-0.25, -0.2) is 13.1 Å². The summed E-state index contributed by atoms with van der Waals surface area (Å²) in [7, 11) is -3.41. The molecule has 1 fully saturated rings. The fourth-order valence-electron chi connectivity index (χ4n) is 2.15. The molecule has 0 saturated heterocycles. The lowest BCUT2D eigenvalue weighted by Crippen LogP contribution is -2.26. The zero-order valence-electron chi connectivity index (χ0n) is 11.4. The SMILES string of the molecule is CCc1ccc(CN)cc1S(=O)(=O)NCCC1CC1. The van der Waals surface area contributed by atoms with Crippen LogP contribution in [-0.2, 0) is 23.0 Å². The second kappa shape index (κ2) is 6.03. The molecule has 3 N–H and O–H groups in total. The van der Waals surface area contributed by atoms with Crippen molar-refractivity contribution in [1.29, 1.82) is 0 Å². The van der Waals surface area contributed by atoms with Gasteiger partial charge in [-0.05, 0) is 36.0 Å². The molecule has 0 bridgehead atoms. The van der Waals surface area contributed by atoms with E-state index in [2.05, 4.69) is 4.72 Å². The number of aryl methyl sites for hydroxylation is 1. The fraction of sp³-hybridized carbons (Fsp3) is 0.571. The first kappa shape index (κ1) is 14.5. The van der Waals surface area contributed by atoms with Gasteiger partial charge in [-0.1, -0.05) is 31.9 Å². The minimum atomic E-state index is -3.41. The Morgan fingerprint density at radius 3 is 2.68 bits per heavy atom. The van der Waals surface area contributed by atoms with Gasteiger partial charge in [0.25, 0.3) is 0 Å². The largest absolute Gasteiger partial charge is 0.326 e. The molecule has 1 aliphatic carbocycles. The van der Waals surface area contributed by atoms with E-state index in [1.54, 1.807) is 6.07 Å². The Morgan fingerprint density at radius 1 is 1.37 bits per heavy atom. The molecule has 1 saturated carbocycles. The molecule has 0 unspecified atom stereocenters. The predicted molar refractivity (Wildman–Crippen MR) is 76.2 cm³/mol. The Bertz CT molecular complexity index is 536. The number of hydrogen-bond acceptors (Lipinski definition) is 3. The van der Waals surface area contributed by atoms with Gasteiger partial charge < -0.3 is 5.73 Å². The Balaban J connectivity index is 2.16. The fourth-order valence-corrected chi connectivity index (χ4v) is 3.56. The lowest BCUT2D eigenvalue weighted by molar-refractivity contribution is 0.574. The van der Waals surface area contributed by atoms with Crippen LogP contribution in [0.15, 0.2) is 23.1 Å². The first-order chi connectivity index (χ1) is 9.06. The lowest BCUT2D eigenvalue weighted by Gasteiger charge is -2.12. The van der Waals surface area contributed by atoms with E-state index < -0.39 is 10.0 Å². The summed E-state index contributed by atoms with van der Waals surface area (Å²) in [5, 5.41) is 0. The number of rotatable bonds is 7. The monoisotopic (exact) mass is 282 g/mol. The highest BCUT2D eigenvalue weighted by atomic mass is 32.2. The van der Waals surface area contributed by atoms with Crippen molar-refractivity contribution >= 4 is 10.0 Å². The molecule has 0 amide bonds. The highest BCUT2D eigenvalue weighted by Gasteiger charge is 2.23. The second-order valence-electron chi connectivity index (χ2n) is 5.13. The Labute approximate surface area is 115 Å². The number of nitrogens with two attached hydrogens (primary N) is 1. The summed E-state index contributed by atoms with van der Waals surface area (Å²) in [4.78, 5) is 0.383. The normalized spacial score (nSPS) is 15.7. The van der Waals surface area contributed by atoms with E-state index in [9.17, 15) is 8.42 Å². The number of sulfonamides is 1. The zero-order chi connectivity index (χ0) is 13.9. The van der Waals surface area contributed by atoms with E-state index >= 15 is 0 Å². The molecule has 0 atom stereocenters. The van der Waals surface area contributed by atoms with Crippen molar-refractivity contribution in [3.05, 3.63) is 29.3 Å². The zero-order valence-corrected chi connectivity index (χ0v) is 12.2. The third kappa shape index (κ3) is 3.78. The van der Waals surface area contributed by atoms with Gasteiger partial charge in [0.15, 0.2) is 0 Å². The quantitative estimate of drug-likeness (QED) is 0.801. The molecule has 1 aromatic rings. The Morgan fingerprint density at radius 2 is 2.11 bits per heavy atom. The molecule has 0 aromatic heterocycles. The molecule has 1 aliphatic rings. The first-order valence-corrected chi connectivity index (χ1v) is 8.36. The van der Waals surface area contributed by atoms with Crippen LogP contribution in [0.5, 0.6) is 0 Å². The predicted octanol–water partition coefficient (Wildman–Crippen LogP) is 1.79. The van der Waals surface area contributed by atoms with E-state index in [0.717, 1.165) is 23.5 Å². The van der Waals surface area contributed by atoms with E-state index in [4.69, 9.17) is 5.73 Å². The molecule has 0 aliphatic heterocycles. The maximum Gasteiger partial charge on any atom is 0.240 e. The summed E-state index contributed by atoms with van der Waals surface area (Å²) in [5.41, 5.74) is 7.28. The van der Waals surface area contributed by atoms with E-state index in [1.165, 1.54) is 12.8 Å². The van der Waals surface area contributed by atoms with Gasteiger partial charge in [0.05, 0.1) is 4.90 Å². The summed E-state index contributed by atoms with van der Waals surface area (Å²) in [6, 6.07) is 5.44. The minimum absolute atomic E-state index is 0.356. The van der Waals surface area contributed by atoms with Gasteiger partial charge in [-0.3, -0.25) is 0 Å². The van der Waals surface area contributed by atoms with Crippen molar-refractivity contribution < 1.29 is 8.42 Å². The first-order valence-electron chi connectivity index (χ1n) is 6.88. The number of nitrogens with one attached hydrogen (secondary N) is 1. The molecule has 1 aromatic carbocycles. The highest BCUT2D eigenvalue weighted by molar-refractivity contribution is 7.89. The molecule has 5 heteroatoms. The molecule has 4 nitrogen and oxygen atoms in total. The van der Waals surface area contributed by atoms with Crippen LogP contribution in [0.1, 0.15) is 37.3 Å². The smallest absolute Gasteiger partial charge is 0.240 e. The summed E-state index contributed by atoms with van der Waals surface area (Å²) >= 11 is 0. The van der Waals surface area contributed by atoms with Gasteiger partial charge in [0.1, 0.15) is 0 Å². The average molecular weight is 282 g/mol. The maximum absolute atomic E-state index is 12.3. The van der Waals surface area contributed by atoms with Crippen LogP contribution in [0, 0.1) is 5.92 Å². The molecule has 0 radical (unpaired) electrons.